The van der Waals surface area contributed by atoms with Crippen LogP contribution in [0.2, 0.25) is 5.02 Å². The van der Waals surface area contributed by atoms with Gasteiger partial charge in [0.05, 0.1) is 66.8 Å². The Hall–Kier alpha value is -10.5. The number of nitrogens with zero attached hydrogens (tertiary/aromatic N) is 12. The van der Waals surface area contributed by atoms with Gasteiger partial charge in [0.2, 0.25) is 0 Å². The fraction of sp³-hybridized carbons (Fsp3) is 0.571. The molecule has 744 valence electrons. The summed E-state index contributed by atoms with van der Waals surface area (Å²) in [5.41, 5.74) is 6.80. The molecule has 6 bridgehead atoms. The van der Waals surface area contributed by atoms with Gasteiger partial charge in [-0.1, -0.05) is 155 Å². The molecule has 21 rings (SSSR count). The fourth-order valence-electron chi connectivity index (χ4n) is 26.6. The molecule has 28 heteroatoms. The Morgan fingerprint density at radius 1 is 0.321 bits per heavy atom. The highest BCUT2D eigenvalue weighted by molar-refractivity contribution is 7.08. The van der Waals surface area contributed by atoms with Gasteiger partial charge in [0.1, 0.15) is 39.3 Å². The highest BCUT2D eigenvalue weighted by atomic mass is 35.5. The number of aryl methyl sites for hydroxylation is 1. The number of hydrazone groups is 6. The van der Waals surface area contributed by atoms with E-state index in [-0.39, 0.29) is 109 Å². The highest BCUT2D eigenvalue weighted by Crippen LogP contribution is 2.60. The predicted molar refractivity (Wildman–Crippen MR) is 549 cm³/mol. The molecule has 6 aliphatic heterocycles. The number of amides is 6. The van der Waals surface area contributed by atoms with Crippen molar-refractivity contribution < 1.29 is 57.5 Å². The average Bonchev–Trinajstić information content (AvgIpc) is 1.57. The number of Topliss-reactive ketones (excluding diaryl/α,β-unsaturated/α-hetero) is 6. The molecule has 140 heavy (non-hydrogen) atoms. The Labute approximate surface area is 837 Å². The number of hydrogen-bond acceptors (Lipinski definition) is 20. The van der Waals surface area contributed by atoms with Crippen LogP contribution in [0, 0.1) is 110 Å². The second-order valence-corrected chi connectivity index (χ2v) is 45.8. The van der Waals surface area contributed by atoms with Gasteiger partial charge in [0.25, 0.3) is 35.4 Å². The van der Waals surface area contributed by atoms with E-state index < -0.39 is 32.5 Å². The number of fused-ring (bicyclic) bond motifs is 6. The van der Waals surface area contributed by atoms with Crippen LogP contribution >= 0.6 is 34.3 Å². The normalized spacial score (nSPS) is 30.5. The molecule has 9 saturated carbocycles. The molecular formula is C112H140ClN13O12S2. The molecular weight excluding hydrogens is 1820 g/mol. The zero-order chi connectivity index (χ0) is 99.7. The average molecular weight is 1960 g/mol. The van der Waals surface area contributed by atoms with Crippen molar-refractivity contribution in [3.8, 4) is 0 Å². The van der Waals surface area contributed by atoms with E-state index in [4.69, 9.17) is 11.6 Å². The molecule has 9 fully saturated rings. The van der Waals surface area contributed by atoms with Crippen LogP contribution in [-0.4, -0.2) is 179 Å². The molecule has 0 radical (unpaired) electrons. The first-order valence-electron chi connectivity index (χ1n) is 51.4. The first kappa shape index (κ1) is 102. The van der Waals surface area contributed by atoms with Crippen LogP contribution in [0.3, 0.4) is 0 Å². The first-order chi connectivity index (χ1) is 66.9. The number of nitrogens with one attached hydrogen (secondary N) is 1. The number of carbonyl (C=O) groups is 12. The number of ketones is 6. The van der Waals surface area contributed by atoms with Crippen LogP contribution < -0.4 is 0 Å². The summed E-state index contributed by atoms with van der Waals surface area (Å²) in [6.45, 7) is 25.9. The third-order valence-electron chi connectivity index (χ3n) is 35.9. The van der Waals surface area contributed by atoms with Gasteiger partial charge in [-0.15, -0.1) is 0 Å². The molecule has 3 aromatic carbocycles. The molecule has 3 aromatic heterocycles. The summed E-state index contributed by atoms with van der Waals surface area (Å²) in [7, 11) is 0. The number of thiophene rings is 2. The van der Waals surface area contributed by atoms with Gasteiger partial charge < -0.3 is 4.98 Å². The minimum absolute atomic E-state index is 0.00657. The van der Waals surface area contributed by atoms with Crippen LogP contribution in [0.1, 0.15) is 324 Å². The van der Waals surface area contributed by atoms with Crippen molar-refractivity contribution in [1.29, 1.82) is 0 Å². The lowest BCUT2D eigenvalue weighted by Crippen LogP contribution is -2.45. The van der Waals surface area contributed by atoms with Crippen LogP contribution in [0.25, 0.3) is 0 Å². The Morgan fingerprint density at radius 2 is 0.614 bits per heavy atom. The lowest BCUT2D eigenvalue weighted by atomic mass is 9.66. The minimum Gasteiger partial charge on any atom is -0.367 e. The number of rotatable bonds is 24. The second kappa shape index (κ2) is 42.6. The summed E-state index contributed by atoms with van der Waals surface area (Å²) < 4.78 is 0. The Bertz CT molecular complexity index is 5650. The van der Waals surface area contributed by atoms with Crippen molar-refractivity contribution in [2.24, 2.45) is 134 Å². The summed E-state index contributed by atoms with van der Waals surface area (Å²) in [4.78, 5) is 155. The molecule has 15 atom stereocenters. The van der Waals surface area contributed by atoms with Crippen molar-refractivity contribution in [2.75, 3.05) is 39.3 Å². The maximum absolute atomic E-state index is 13.1. The van der Waals surface area contributed by atoms with Crippen LogP contribution in [0.5, 0.6) is 0 Å². The smallest absolute Gasteiger partial charge is 0.255 e. The molecule has 1 N–H and O–H groups in total. The first-order valence-corrected chi connectivity index (χ1v) is 53.6. The molecule has 9 heterocycles. The van der Waals surface area contributed by atoms with Crippen molar-refractivity contribution in [3.05, 3.63) is 175 Å². The molecule has 15 aliphatic rings. The third-order valence-corrected chi connectivity index (χ3v) is 37.5. The van der Waals surface area contributed by atoms with Gasteiger partial charge >= 0.3 is 0 Å². The minimum atomic E-state index is -0.560. The second-order valence-electron chi connectivity index (χ2n) is 43.8. The zero-order valence-corrected chi connectivity index (χ0v) is 86.3. The van der Waals surface area contributed by atoms with Gasteiger partial charge in [0, 0.05) is 61.6 Å². The van der Waals surface area contributed by atoms with E-state index in [1.54, 1.807) is 73.1 Å². The van der Waals surface area contributed by atoms with Crippen molar-refractivity contribution in [1.82, 2.24) is 35.0 Å². The maximum Gasteiger partial charge on any atom is 0.255 e. The summed E-state index contributed by atoms with van der Waals surface area (Å²) >= 11 is 8.93. The Balaban J connectivity index is 0.000000121. The van der Waals surface area contributed by atoms with Gasteiger partial charge in [0.15, 0.2) is 34.7 Å². The molecule has 25 nitrogen and oxygen atoms in total. The van der Waals surface area contributed by atoms with E-state index in [9.17, 15) is 57.5 Å². The number of aromatic nitrogens is 1. The quantitative estimate of drug-likeness (QED) is 0.0553. The standard InChI is InChI=1S/C20H24N2O2.C20H26N2O2.C19H23ClN2O2.2C18H22N2O2S.C17H23N3O2/c1-13-20(2,17-11-14-8-9-16(17)10-14)19(24)22(21-13)12-18(23)15-6-4-3-5-7-15;1-14-8-7-9-16(12-14)18(23)13-22-19(24)20(3,15(2)21-22)17-10-5-4-6-11-17;1-13-19(2,15-8-4-3-5-9-15)18(24)22(21-13)12-17(23)14-7-6-10-16(20)11-14;2*1-11-18(2,15-8-12-3-4-13(15)7-12)17(22)20(19-11)9-16(21)14-5-6-23-10-14;1-12-17(2,14-6-4-3-5-7-14)16(22)20(19-12)11-15(21)13-8-9-18-10-13/h3-7,14,16-17H,8-12H2,1-2H3;7-9,12,17H,4-6,10-11,13H2,1-3H3;6-7,10-11,15H,3-5,8-9,12H2,1-2H3;2*5-6,10,12-13,15H,3-4,7-9H2,1-2H3;8-10,14,18H,3-7,11H2,1-2H3/t14-,16+,17+,20?;;;12-,13+,15+,18?;12-,13+,15-,18?;/m0..00./s1. The number of aromatic amines is 1. The van der Waals surface area contributed by atoms with Gasteiger partial charge in [-0.05, 0) is 304 Å². The third kappa shape index (κ3) is 20.2. The van der Waals surface area contributed by atoms with Crippen molar-refractivity contribution >= 4 is 139 Å². The maximum atomic E-state index is 13.1. The molecule has 6 aromatic rings. The molecule has 9 aliphatic carbocycles. The molecule has 6 unspecified atom stereocenters. The number of hydrogen-bond donors (Lipinski definition) is 1. The molecule has 0 saturated heterocycles. The van der Waals surface area contributed by atoms with Crippen LogP contribution in [-0.2, 0) is 28.8 Å². The number of carbonyl (C=O) groups excluding carboxylic acids is 12. The van der Waals surface area contributed by atoms with Gasteiger partial charge in [-0.3, -0.25) is 57.5 Å². The monoisotopic (exact) mass is 1960 g/mol. The predicted octanol–water partition coefficient (Wildman–Crippen LogP) is 22.0. The largest absolute Gasteiger partial charge is 0.367 e. The fourth-order valence-corrected chi connectivity index (χ4v) is 28.1. The van der Waals surface area contributed by atoms with E-state index in [1.807, 2.05) is 134 Å². The lowest BCUT2D eigenvalue weighted by Gasteiger charge is -2.35. The summed E-state index contributed by atoms with van der Waals surface area (Å²) in [6.07, 6.45) is 35.6. The Kier molecular flexibility index (Phi) is 31.1. The van der Waals surface area contributed by atoms with Crippen LogP contribution in [0.4, 0.5) is 0 Å². The Morgan fingerprint density at radius 3 is 0.900 bits per heavy atom. The lowest BCUT2D eigenvalue weighted by molar-refractivity contribution is -0.138. The summed E-state index contributed by atoms with van der Waals surface area (Å²) in [5.74, 6) is 6.17. The van der Waals surface area contributed by atoms with Crippen LogP contribution in [0.15, 0.2) is 162 Å². The van der Waals surface area contributed by atoms with E-state index in [2.05, 4.69) is 49.4 Å². The number of halogens is 1. The summed E-state index contributed by atoms with van der Waals surface area (Å²) in [5, 5.41) is 43.1. The number of H-pyrrole nitrogens is 1. The summed E-state index contributed by atoms with van der Waals surface area (Å²) in [6, 6.07) is 28.8. The number of benzene rings is 3. The molecule has 6 amide bonds. The zero-order valence-electron chi connectivity index (χ0n) is 83.9. The van der Waals surface area contributed by atoms with E-state index in [0.29, 0.717) is 91.7 Å². The van der Waals surface area contributed by atoms with E-state index in [0.717, 1.165) is 115 Å². The van der Waals surface area contributed by atoms with Crippen molar-refractivity contribution in [2.45, 2.75) is 263 Å². The van der Waals surface area contributed by atoms with E-state index in [1.165, 1.54) is 168 Å². The van der Waals surface area contributed by atoms with Gasteiger partial charge in [-0.25, -0.2) is 30.1 Å². The SMILES string of the molecule is CC1=NN(CC(=O)c2cc[nH]c2)C(=O)C1(C)C1CCCCC1.CC1=NN(CC(=O)c2cccc(C)c2)C(=O)C1(C)C1CCCCC1.CC1=NN(CC(=O)c2cccc(Cl)c2)C(=O)C1(C)C1CCCCC1.CC1=NN(CC(=O)c2ccccc2)C(=O)C1(C)[C@@H]1C[C@H]2CC[C@@H]1C2.CC1=NN(CC(=O)c2ccsc2)C(=O)C1(C)[C@@H]1C[C@H]2CC[C@@H]1C2.CC1=NN(CC(=O)c2ccsc2)C(=O)C1(C)[C@H]1C[C@H]2CC[C@@H]1C2. The van der Waals surface area contributed by atoms with Gasteiger partial charge in [-0.2, -0.15) is 53.3 Å². The van der Waals surface area contributed by atoms with E-state index >= 15 is 0 Å². The topological polar surface area (TPSA) is 314 Å². The van der Waals surface area contributed by atoms with Crippen molar-refractivity contribution in [3.63, 3.8) is 0 Å². The molecule has 0 spiro atoms. The highest BCUT2D eigenvalue weighted by Gasteiger charge is 2.62.